The summed E-state index contributed by atoms with van der Waals surface area (Å²) >= 11 is 0. The van der Waals surface area contributed by atoms with Gasteiger partial charge in [-0.05, 0) is 48.6 Å². The van der Waals surface area contributed by atoms with Gasteiger partial charge in [-0.3, -0.25) is 0 Å². The molecule has 1 unspecified atom stereocenters. The third-order valence-electron chi connectivity index (χ3n) is 3.03. The van der Waals surface area contributed by atoms with Crippen LogP contribution in [0.25, 0.3) is 6.08 Å². The second-order valence-corrected chi connectivity index (χ2v) is 4.41. The normalized spacial score (nSPS) is 18.6. The lowest BCUT2D eigenvalue weighted by atomic mass is 9.91. The first kappa shape index (κ1) is 11.9. The molecule has 1 aliphatic carbocycles. The maximum atomic E-state index is 9.55. The minimum Gasteiger partial charge on any atom is -0.389 e. The van der Waals surface area contributed by atoms with Gasteiger partial charge in [-0.25, -0.2) is 0 Å². The molecule has 88 valence electrons. The summed E-state index contributed by atoms with van der Waals surface area (Å²) in [4.78, 5) is 0. The van der Waals surface area contributed by atoms with Gasteiger partial charge in [-0.15, -0.1) is 0 Å². The van der Waals surface area contributed by atoms with Crippen LogP contribution in [-0.4, -0.2) is 5.11 Å². The number of fused-ring (bicyclic) bond motifs is 1. The van der Waals surface area contributed by atoms with E-state index in [1.165, 1.54) is 16.7 Å². The van der Waals surface area contributed by atoms with Crippen molar-refractivity contribution >= 4 is 6.08 Å². The highest BCUT2D eigenvalue weighted by Gasteiger charge is 2.09. The van der Waals surface area contributed by atoms with Crippen LogP contribution in [0, 0.1) is 0 Å². The molecule has 1 aromatic rings. The average molecular weight is 226 g/mol. The Morgan fingerprint density at radius 1 is 1.29 bits per heavy atom. The second kappa shape index (κ2) is 5.15. The van der Waals surface area contributed by atoms with Crippen molar-refractivity contribution < 1.29 is 5.11 Å². The predicted octanol–water partition coefficient (Wildman–Crippen LogP) is 3.81. The highest BCUT2D eigenvalue weighted by molar-refractivity contribution is 5.63. The van der Waals surface area contributed by atoms with Gasteiger partial charge in [-0.1, -0.05) is 42.5 Å². The monoisotopic (exact) mass is 226 g/mol. The molecule has 0 radical (unpaired) electrons. The maximum absolute atomic E-state index is 9.55. The van der Waals surface area contributed by atoms with E-state index in [4.69, 9.17) is 0 Å². The van der Waals surface area contributed by atoms with Crippen molar-refractivity contribution in [2.45, 2.75) is 26.4 Å². The Kier molecular flexibility index (Phi) is 3.60. The zero-order chi connectivity index (χ0) is 12.3. The Morgan fingerprint density at radius 3 is 2.82 bits per heavy atom. The molecule has 1 nitrogen and oxygen atoms in total. The summed E-state index contributed by atoms with van der Waals surface area (Å²) in [5, 5.41) is 9.55. The molecule has 0 fully saturated rings. The number of allylic oxidation sites excluding steroid dienone is 5. The van der Waals surface area contributed by atoms with Crippen molar-refractivity contribution in [1.82, 2.24) is 0 Å². The predicted molar refractivity (Wildman–Crippen MR) is 72.7 cm³/mol. The SMILES string of the molecule is C/C=C\C=C1\C=Cc2cc(C(C)O)ccc2C1. The fourth-order valence-corrected chi connectivity index (χ4v) is 2.00. The van der Waals surface area contributed by atoms with Crippen LogP contribution in [0.15, 0.2) is 48.1 Å². The van der Waals surface area contributed by atoms with E-state index in [0.717, 1.165) is 12.0 Å². The molecule has 0 aliphatic heterocycles. The number of aliphatic hydroxyl groups excluding tert-OH is 1. The van der Waals surface area contributed by atoms with Crippen LogP contribution >= 0.6 is 0 Å². The molecule has 0 saturated carbocycles. The average Bonchev–Trinajstić information content (AvgIpc) is 2.35. The summed E-state index contributed by atoms with van der Waals surface area (Å²) in [7, 11) is 0. The molecule has 0 saturated heterocycles. The number of benzene rings is 1. The Labute approximate surface area is 103 Å². The van der Waals surface area contributed by atoms with E-state index in [9.17, 15) is 5.11 Å². The van der Waals surface area contributed by atoms with Crippen LogP contribution in [0.3, 0.4) is 0 Å². The quantitative estimate of drug-likeness (QED) is 0.813. The minimum atomic E-state index is -0.395. The Bertz CT molecular complexity index is 490. The zero-order valence-corrected chi connectivity index (χ0v) is 10.4. The van der Waals surface area contributed by atoms with Crippen molar-refractivity contribution in [2.75, 3.05) is 0 Å². The first-order valence-electron chi connectivity index (χ1n) is 6.01. The maximum Gasteiger partial charge on any atom is 0.0762 e. The van der Waals surface area contributed by atoms with E-state index in [-0.39, 0.29) is 0 Å². The topological polar surface area (TPSA) is 20.2 Å². The van der Waals surface area contributed by atoms with Crippen LogP contribution in [-0.2, 0) is 6.42 Å². The second-order valence-electron chi connectivity index (χ2n) is 4.41. The van der Waals surface area contributed by atoms with Crippen molar-refractivity contribution in [3.05, 3.63) is 64.8 Å². The number of rotatable bonds is 2. The molecule has 1 heteroatoms. The standard InChI is InChI=1S/C16H18O/c1-3-4-5-13-6-7-16-11-14(12(2)17)8-9-15(16)10-13/h3-9,11-12,17H,10H2,1-2H3/b4-3-,13-5-. The summed E-state index contributed by atoms with van der Waals surface area (Å²) in [5.41, 5.74) is 4.85. The highest BCUT2D eigenvalue weighted by atomic mass is 16.3. The van der Waals surface area contributed by atoms with Crippen molar-refractivity contribution in [1.29, 1.82) is 0 Å². The molecule has 1 atom stereocenters. The lowest BCUT2D eigenvalue weighted by molar-refractivity contribution is 0.199. The molecule has 17 heavy (non-hydrogen) atoms. The van der Waals surface area contributed by atoms with Crippen molar-refractivity contribution in [3.8, 4) is 0 Å². The van der Waals surface area contributed by atoms with Crippen LogP contribution in [0.1, 0.15) is 36.6 Å². The molecule has 1 aromatic carbocycles. The number of aliphatic hydroxyl groups is 1. The van der Waals surface area contributed by atoms with Crippen LogP contribution < -0.4 is 0 Å². The summed E-state index contributed by atoms with van der Waals surface area (Å²) in [6, 6.07) is 6.20. The molecule has 2 rings (SSSR count). The minimum absolute atomic E-state index is 0.395. The smallest absolute Gasteiger partial charge is 0.0762 e. The summed E-state index contributed by atoms with van der Waals surface area (Å²) in [5.74, 6) is 0. The summed E-state index contributed by atoms with van der Waals surface area (Å²) < 4.78 is 0. The van der Waals surface area contributed by atoms with Gasteiger partial charge in [-0.2, -0.15) is 0 Å². The van der Waals surface area contributed by atoms with E-state index in [2.05, 4.69) is 36.4 Å². The molecular formula is C16H18O. The van der Waals surface area contributed by atoms with E-state index in [1.807, 2.05) is 19.1 Å². The number of hydrogen-bond acceptors (Lipinski definition) is 1. The first-order valence-corrected chi connectivity index (χ1v) is 6.01. The highest BCUT2D eigenvalue weighted by Crippen LogP contribution is 2.25. The molecule has 0 bridgehead atoms. The van der Waals surface area contributed by atoms with Crippen LogP contribution in [0.2, 0.25) is 0 Å². The Hall–Kier alpha value is -1.60. The molecule has 0 spiro atoms. The largest absolute Gasteiger partial charge is 0.389 e. The van der Waals surface area contributed by atoms with Gasteiger partial charge >= 0.3 is 0 Å². The lowest BCUT2D eigenvalue weighted by Gasteiger charge is -2.15. The lowest BCUT2D eigenvalue weighted by Crippen LogP contribution is -2.00. The molecule has 1 N–H and O–H groups in total. The first-order chi connectivity index (χ1) is 8.20. The van der Waals surface area contributed by atoms with Crippen molar-refractivity contribution in [2.24, 2.45) is 0 Å². The van der Waals surface area contributed by atoms with E-state index in [1.54, 1.807) is 6.92 Å². The van der Waals surface area contributed by atoms with E-state index < -0.39 is 6.10 Å². The summed E-state index contributed by atoms with van der Waals surface area (Å²) in [6.45, 7) is 3.82. The van der Waals surface area contributed by atoms with Crippen molar-refractivity contribution in [3.63, 3.8) is 0 Å². The molecule has 0 heterocycles. The van der Waals surface area contributed by atoms with Gasteiger partial charge in [0.25, 0.3) is 0 Å². The van der Waals surface area contributed by atoms with E-state index in [0.29, 0.717) is 0 Å². The fourth-order valence-electron chi connectivity index (χ4n) is 2.00. The van der Waals surface area contributed by atoms with Gasteiger partial charge in [0.2, 0.25) is 0 Å². The Morgan fingerprint density at radius 2 is 2.12 bits per heavy atom. The number of hydrogen-bond donors (Lipinski definition) is 1. The molecular weight excluding hydrogens is 208 g/mol. The van der Waals surface area contributed by atoms with Crippen LogP contribution in [0.5, 0.6) is 0 Å². The van der Waals surface area contributed by atoms with Gasteiger partial charge < -0.3 is 5.11 Å². The summed E-state index contributed by atoms with van der Waals surface area (Å²) in [6.07, 6.45) is 11.1. The Balaban J connectivity index is 2.30. The van der Waals surface area contributed by atoms with Gasteiger partial charge in [0.05, 0.1) is 6.10 Å². The molecule has 0 amide bonds. The molecule has 0 aromatic heterocycles. The zero-order valence-electron chi connectivity index (χ0n) is 10.4. The van der Waals surface area contributed by atoms with E-state index >= 15 is 0 Å². The van der Waals surface area contributed by atoms with Crippen LogP contribution in [0.4, 0.5) is 0 Å². The fraction of sp³-hybridized carbons (Fsp3) is 0.250. The molecule has 1 aliphatic rings. The third-order valence-corrected chi connectivity index (χ3v) is 3.03. The van der Waals surface area contributed by atoms with Gasteiger partial charge in [0.15, 0.2) is 0 Å². The third kappa shape index (κ3) is 2.75. The van der Waals surface area contributed by atoms with Gasteiger partial charge in [0, 0.05) is 0 Å². The van der Waals surface area contributed by atoms with Gasteiger partial charge in [0.1, 0.15) is 0 Å².